The summed E-state index contributed by atoms with van der Waals surface area (Å²) >= 11 is 0. The zero-order chi connectivity index (χ0) is 24.9. The number of hydrogen-bond acceptors (Lipinski definition) is 9. The summed E-state index contributed by atoms with van der Waals surface area (Å²) < 4.78 is 46.1. The quantitative estimate of drug-likeness (QED) is 0.462. The third kappa shape index (κ3) is 4.15. The first-order chi connectivity index (χ1) is 16.7. The molecule has 0 bridgehead atoms. The van der Waals surface area contributed by atoms with E-state index < -0.39 is 48.7 Å². The van der Waals surface area contributed by atoms with Crippen molar-refractivity contribution >= 4 is 0 Å². The zero-order valence-electron chi connectivity index (χ0n) is 19.1. The number of aryl methyl sites for hydroxylation is 1. The van der Waals surface area contributed by atoms with Crippen molar-refractivity contribution in [3.8, 4) is 11.3 Å². The summed E-state index contributed by atoms with van der Waals surface area (Å²) in [7, 11) is 0. The van der Waals surface area contributed by atoms with Gasteiger partial charge in [-0.15, -0.1) is 5.10 Å². The molecule has 0 radical (unpaired) electrons. The summed E-state index contributed by atoms with van der Waals surface area (Å²) in [6, 6.07) is 3.50. The first-order valence-corrected chi connectivity index (χ1v) is 11.2. The van der Waals surface area contributed by atoms with E-state index in [1.165, 1.54) is 29.9 Å². The highest BCUT2D eigenvalue weighted by molar-refractivity contribution is 5.59. The van der Waals surface area contributed by atoms with Crippen LogP contribution in [0, 0.1) is 18.6 Å². The summed E-state index contributed by atoms with van der Waals surface area (Å²) in [6.07, 6.45) is -3.13. The zero-order valence-corrected chi connectivity index (χ0v) is 19.1. The number of halogens is 2. The number of hydrogen-bond donors (Lipinski definition) is 3. The SMILES string of the molecule is Cc1ccc(-c2cn([C@H]3[C@@H](O)[C@@H](CO)O[C@H](Cc4cc(C5(C)COC5)no4)[C@@H]3O)nn2)c(F)c1F. The Balaban J connectivity index is 1.40. The van der Waals surface area contributed by atoms with Crippen LogP contribution in [0.25, 0.3) is 11.3 Å². The maximum Gasteiger partial charge on any atom is 0.168 e. The number of aliphatic hydroxyl groups is 3. The largest absolute Gasteiger partial charge is 0.394 e. The maximum atomic E-state index is 14.5. The van der Waals surface area contributed by atoms with Gasteiger partial charge in [0.25, 0.3) is 0 Å². The number of aromatic nitrogens is 4. The van der Waals surface area contributed by atoms with E-state index in [0.29, 0.717) is 19.0 Å². The van der Waals surface area contributed by atoms with Crippen LogP contribution in [0.2, 0.25) is 0 Å². The van der Waals surface area contributed by atoms with Crippen LogP contribution in [0.3, 0.4) is 0 Å². The number of ether oxygens (including phenoxy) is 2. The highest BCUT2D eigenvalue weighted by atomic mass is 19.2. The van der Waals surface area contributed by atoms with Crippen molar-refractivity contribution in [2.75, 3.05) is 19.8 Å². The van der Waals surface area contributed by atoms with Gasteiger partial charge in [0.1, 0.15) is 35.8 Å². The van der Waals surface area contributed by atoms with Crippen LogP contribution in [0.15, 0.2) is 28.9 Å². The molecule has 3 N–H and O–H groups in total. The lowest BCUT2D eigenvalue weighted by atomic mass is 9.84. The molecule has 188 valence electrons. The van der Waals surface area contributed by atoms with E-state index in [4.69, 9.17) is 14.0 Å². The van der Waals surface area contributed by atoms with Gasteiger partial charge in [0.05, 0.1) is 43.2 Å². The van der Waals surface area contributed by atoms with Crippen molar-refractivity contribution < 1.29 is 38.1 Å². The van der Waals surface area contributed by atoms with Gasteiger partial charge < -0.3 is 29.3 Å². The van der Waals surface area contributed by atoms with E-state index in [1.807, 2.05) is 6.92 Å². The Bertz CT molecular complexity index is 1210. The van der Waals surface area contributed by atoms with Gasteiger partial charge in [-0.05, 0) is 25.5 Å². The highest BCUT2D eigenvalue weighted by Crippen LogP contribution is 2.35. The second-order valence-electron chi connectivity index (χ2n) is 9.45. The molecule has 0 unspecified atom stereocenters. The molecule has 0 spiro atoms. The number of benzene rings is 1. The lowest BCUT2D eigenvalue weighted by Gasteiger charge is -2.42. The van der Waals surface area contributed by atoms with Crippen LogP contribution in [0.5, 0.6) is 0 Å². The average Bonchev–Trinajstić information content (AvgIpc) is 3.48. The van der Waals surface area contributed by atoms with Crippen molar-refractivity contribution in [1.29, 1.82) is 0 Å². The van der Waals surface area contributed by atoms with E-state index in [2.05, 4.69) is 15.5 Å². The van der Waals surface area contributed by atoms with Crippen molar-refractivity contribution in [3.63, 3.8) is 0 Å². The number of nitrogens with zero attached hydrogens (tertiary/aromatic N) is 4. The molecule has 2 fully saturated rings. The fraction of sp³-hybridized carbons (Fsp3) is 0.522. The Kier molecular flexibility index (Phi) is 6.18. The standard InChI is InChI=1S/C23H26F2N4O6/c1-11-3-4-13(19(25)18(11)24)14-7-29(28-26-14)20-21(31)15(34-16(8-30)22(20)32)5-12-6-17(27-35-12)23(2)9-33-10-23/h3-4,6-7,15-16,20-22,30-32H,5,8-10H2,1-2H3/t15-,16-,20-,21+,22+/m1/s1. The third-order valence-electron chi connectivity index (χ3n) is 6.78. The molecule has 3 aromatic rings. The lowest BCUT2D eigenvalue weighted by molar-refractivity contribution is -0.205. The van der Waals surface area contributed by atoms with E-state index in [9.17, 15) is 24.1 Å². The molecular weight excluding hydrogens is 466 g/mol. The van der Waals surface area contributed by atoms with Crippen molar-refractivity contribution in [3.05, 3.63) is 53.0 Å². The first-order valence-electron chi connectivity index (χ1n) is 11.2. The van der Waals surface area contributed by atoms with Crippen LogP contribution >= 0.6 is 0 Å². The van der Waals surface area contributed by atoms with Crippen LogP contribution in [0.4, 0.5) is 8.78 Å². The highest BCUT2D eigenvalue weighted by Gasteiger charge is 2.46. The van der Waals surface area contributed by atoms with Crippen molar-refractivity contribution in [1.82, 2.24) is 20.2 Å². The molecule has 2 aliphatic rings. The number of rotatable bonds is 6. The van der Waals surface area contributed by atoms with Crippen LogP contribution in [0.1, 0.15) is 30.0 Å². The van der Waals surface area contributed by atoms with Gasteiger partial charge in [-0.1, -0.05) is 16.4 Å². The fourth-order valence-corrected chi connectivity index (χ4v) is 4.50. The summed E-state index contributed by atoms with van der Waals surface area (Å²) in [4.78, 5) is 0. The molecule has 5 atom stereocenters. The Morgan fingerprint density at radius 2 is 1.89 bits per heavy atom. The Morgan fingerprint density at radius 3 is 2.57 bits per heavy atom. The Morgan fingerprint density at radius 1 is 1.14 bits per heavy atom. The van der Waals surface area contributed by atoms with Gasteiger partial charge >= 0.3 is 0 Å². The van der Waals surface area contributed by atoms with Gasteiger partial charge in [-0.25, -0.2) is 13.5 Å². The summed E-state index contributed by atoms with van der Waals surface area (Å²) in [5, 5.41) is 43.6. The minimum atomic E-state index is -1.35. The third-order valence-corrected chi connectivity index (χ3v) is 6.78. The van der Waals surface area contributed by atoms with Crippen molar-refractivity contribution in [2.45, 2.75) is 56.1 Å². The van der Waals surface area contributed by atoms with Crippen LogP contribution in [-0.2, 0) is 21.3 Å². The van der Waals surface area contributed by atoms with E-state index in [-0.39, 0.29) is 28.7 Å². The minimum absolute atomic E-state index is 0.0280. The molecule has 2 saturated heterocycles. The molecule has 2 aromatic heterocycles. The molecule has 5 rings (SSSR count). The monoisotopic (exact) mass is 492 g/mol. The average molecular weight is 492 g/mol. The number of aliphatic hydroxyl groups excluding tert-OH is 3. The molecular formula is C23H26F2N4O6. The van der Waals surface area contributed by atoms with Gasteiger partial charge in [-0.3, -0.25) is 0 Å². The lowest BCUT2D eigenvalue weighted by Crippen LogP contribution is -2.56. The predicted octanol–water partition coefficient (Wildman–Crippen LogP) is 1.07. The molecule has 0 saturated carbocycles. The molecule has 0 aliphatic carbocycles. The van der Waals surface area contributed by atoms with Gasteiger partial charge in [0, 0.05) is 18.1 Å². The fourth-order valence-electron chi connectivity index (χ4n) is 4.50. The minimum Gasteiger partial charge on any atom is -0.394 e. The molecule has 4 heterocycles. The summed E-state index contributed by atoms with van der Waals surface area (Å²) in [5.74, 6) is -1.60. The van der Waals surface area contributed by atoms with E-state index in [1.54, 1.807) is 6.07 Å². The molecule has 1 aromatic carbocycles. The van der Waals surface area contributed by atoms with Gasteiger partial charge in [0.2, 0.25) is 0 Å². The first kappa shape index (κ1) is 23.9. The van der Waals surface area contributed by atoms with Crippen molar-refractivity contribution in [2.24, 2.45) is 0 Å². The van der Waals surface area contributed by atoms with Gasteiger partial charge in [-0.2, -0.15) is 0 Å². The molecule has 35 heavy (non-hydrogen) atoms. The molecule has 2 aliphatic heterocycles. The maximum absolute atomic E-state index is 14.5. The summed E-state index contributed by atoms with van der Waals surface area (Å²) in [6.45, 7) is 3.99. The smallest absolute Gasteiger partial charge is 0.168 e. The summed E-state index contributed by atoms with van der Waals surface area (Å²) in [5.41, 5.74) is 0.570. The molecule has 12 heteroatoms. The second kappa shape index (κ2) is 9.03. The Hall–Kier alpha value is -2.77. The Labute approximate surface area is 199 Å². The van der Waals surface area contributed by atoms with E-state index >= 15 is 0 Å². The van der Waals surface area contributed by atoms with Gasteiger partial charge in [0.15, 0.2) is 11.6 Å². The predicted molar refractivity (Wildman–Crippen MR) is 115 cm³/mol. The molecule has 0 amide bonds. The van der Waals surface area contributed by atoms with Crippen LogP contribution < -0.4 is 0 Å². The normalized spacial score (nSPS) is 28.1. The molecule has 10 nitrogen and oxygen atoms in total. The topological polar surface area (TPSA) is 136 Å². The second-order valence-corrected chi connectivity index (χ2v) is 9.45. The van der Waals surface area contributed by atoms with Crippen LogP contribution in [-0.4, -0.2) is 79.7 Å². The van der Waals surface area contributed by atoms with E-state index in [0.717, 1.165) is 5.69 Å².